The van der Waals surface area contributed by atoms with Crippen molar-refractivity contribution in [2.75, 3.05) is 26.8 Å². The van der Waals surface area contributed by atoms with Gasteiger partial charge in [0.25, 0.3) is 0 Å². The third-order valence-electron chi connectivity index (χ3n) is 3.57. The molecule has 0 spiro atoms. The summed E-state index contributed by atoms with van der Waals surface area (Å²) in [7, 11) is 1.42. The number of amides is 2. The maximum Gasteiger partial charge on any atom is 0.328 e. The smallest absolute Gasteiger partial charge is 0.328 e. The number of rotatable bonds is 8. The van der Waals surface area contributed by atoms with Crippen molar-refractivity contribution in [3.8, 4) is 0 Å². The molecule has 0 heterocycles. The number of aliphatic carboxylic acids is 1. The Balaban J connectivity index is 1.86. The minimum absolute atomic E-state index is 0.0121. The van der Waals surface area contributed by atoms with Crippen LogP contribution in [0.5, 0.6) is 0 Å². The lowest BCUT2D eigenvalue weighted by Crippen LogP contribution is -2.50. The van der Waals surface area contributed by atoms with E-state index in [1.807, 2.05) is 0 Å². The molecular formula is C13H22N2O4. The van der Waals surface area contributed by atoms with Gasteiger partial charge in [0, 0.05) is 20.2 Å². The van der Waals surface area contributed by atoms with E-state index in [1.165, 1.54) is 32.8 Å². The molecule has 2 aliphatic rings. The van der Waals surface area contributed by atoms with Gasteiger partial charge < -0.3 is 20.1 Å². The van der Waals surface area contributed by atoms with Crippen LogP contribution in [0.1, 0.15) is 25.7 Å². The zero-order chi connectivity index (χ0) is 13.8. The summed E-state index contributed by atoms with van der Waals surface area (Å²) in [4.78, 5) is 24.9. The molecule has 1 unspecified atom stereocenters. The summed E-state index contributed by atoms with van der Waals surface area (Å²) >= 11 is 0. The van der Waals surface area contributed by atoms with Crippen molar-refractivity contribution < 1.29 is 19.4 Å². The quantitative estimate of drug-likeness (QED) is 0.687. The second kappa shape index (κ2) is 6.23. The van der Waals surface area contributed by atoms with Crippen LogP contribution in [0.4, 0.5) is 4.79 Å². The van der Waals surface area contributed by atoms with E-state index in [0.717, 1.165) is 13.1 Å². The average Bonchev–Trinajstić information content (AvgIpc) is 3.22. The van der Waals surface area contributed by atoms with E-state index in [9.17, 15) is 9.59 Å². The maximum atomic E-state index is 12.2. The zero-order valence-electron chi connectivity index (χ0n) is 11.3. The molecule has 2 amide bonds. The molecule has 0 aliphatic heterocycles. The third-order valence-corrected chi connectivity index (χ3v) is 3.57. The van der Waals surface area contributed by atoms with Gasteiger partial charge in [0.05, 0.1) is 6.61 Å². The fourth-order valence-electron chi connectivity index (χ4n) is 2.05. The second-order valence-corrected chi connectivity index (χ2v) is 5.59. The molecular weight excluding hydrogens is 248 g/mol. The molecule has 0 radical (unpaired) electrons. The van der Waals surface area contributed by atoms with Gasteiger partial charge in [0.2, 0.25) is 0 Å². The van der Waals surface area contributed by atoms with Crippen LogP contribution in [0.15, 0.2) is 0 Å². The van der Waals surface area contributed by atoms with Crippen LogP contribution in [0.25, 0.3) is 0 Å². The highest BCUT2D eigenvalue weighted by atomic mass is 16.5. The minimum atomic E-state index is -1.06. The van der Waals surface area contributed by atoms with Gasteiger partial charge in [-0.15, -0.1) is 0 Å². The van der Waals surface area contributed by atoms with Crippen molar-refractivity contribution in [2.45, 2.75) is 31.7 Å². The average molecular weight is 270 g/mol. The first-order chi connectivity index (χ1) is 9.10. The Labute approximate surface area is 113 Å². The molecule has 0 bridgehead atoms. The van der Waals surface area contributed by atoms with Crippen molar-refractivity contribution in [3.63, 3.8) is 0 Å². The number of hydrogen-bond acceptors (Lipinski definition) is 3. The van der Waals surface area contributed by atoms with Crippen LogP contribution in [-0.4, -0.2) is 54.9 Å². The highest BCUT2D eigenvalue weighted by Crippen LogP contribution is 2.33. The molecule has 0 aromatic carbocycles. The molecule has 2 fully saturated rings. The lowest BCUT2D eigenvalue weighted by Gasteiger charge is -2.25. The normalized spacial score (nSPS) is 19.8. The molecule has 2 rings (SSSR count). The Morgan fingerprint density at radius 1 is 1.26 bits per heavy atom. The van der Waals surface area contributed by atoms with Gasteiger partial charge in [-0.05, 0) is 37.5 Å². The van der Waals surface area contributed by atoms with Crippen LogP contribution < -0.4 is 5.32 Å². The number of carbonyl (C=O) groups is 2. The van der Waals surface area contributed by atoms with E-state index in [0.29, 0.717) is 11.8 Å². The highest BCUT2D eigenvalue weighted by molar-refractivity contribution is 5.82. The minimum Gasteiger partial charge on any atom is -0.480 e. The van der Waals surface area contributed by atoms with Gasteiger partial charge in [-0.1, -0.05) is 0 Å². The number of nitrogens with one attached hydrogen (secondary N) is 1. The van der Waals surface area contributed by atoms with Crippen molar-refractivity contribution in [3.05, 3.63) is 0 Å². The Bertz CT molecular complexity index is 326. The molecule has 6 heteroatoms. The molecule has 0 aromatic rings. The lowest BCUT2D eigenvalue weighted by molar-refractivity contribution is -0.140. The third kappa shape index (κ3) is 4.70. The van der Waals surface area contributed by atoms with Crippen molar-refractivity contribution in [1.82, 2.24) is 10.2 Å². The van der Waals surface area contributed by atoms with E-state index in [2.05, 4.69) is 5.32 Å². The fraction of sp³-hybridized carbons (Fsp3) is 0.846. The molecule has 1 atom stereocenters. The standard InChI is InChI=1S/C13H22N2O4/c1-19-8-11(12(16)17)14-13(18)15(6-9-2-3-9)7-10-4-5-10/h9-11H,2-8H2,1H3,(H,14,18)(H,16,17). The number of carbonyl (C=O) groups excluding carboxylic acids is 1. The molecule has 19 heavy (non-hydrogen) atoms. The van der Waals surface area contributed by atoms with Gasteiger partial charge in [-0.25, -0.2) is 9.59 Å². The number of urea groups is 1. The molecule has 2 saturated carbocycles. The molecule has 0 aromatic heterocycles. The highest BCUT2D eigenvalue weighted by Gasteiger charge is 2.32. The van der Waals surface area contributed by atoms with Crippen molar-refractivity contribution in [2.24, 2.45) is 11.8 Å². The Hall–Kier alpha value is -1.30. The number of methoxy groups -OCH3 is 1. The van der Waals surface area contributed by atoms with E-state index in [1.54, 1.807) is 4.90 Å². The first kappa shape index (κ1) is 14.1. The summed E-state index contributed by atoms with van der Waals surface area (Å²) in [5, 5.41) is 11.6. The Morgan fingerprint density at radius 3 is 2.16 bits per heavy atom. The van der Waals surface area contributed by atoms with E-state index >= 15 is 0 Å². The van der Waals surface area contributed by atoms with Gasteiger partial charge >= 0.3 is 12.0 Å². The molecule has 2 N–H and O–H groups in total. The molecule has 6 nitrogen and oxygen atoms in total. The number of carboxylic acids is 1. The summed E-state index contributed by atoms with van der Waals surface area (Å²) < 4.78 is 4.82. The summed E-state index contributed by atoms with van der Waals surface area (Å²) in [5.41, 5.74) is 0. The predicted octanol–water partition coefficient (Wildman–Crippen LogP) is 0.918. The van der Waals surface area contributed by atoms with E-state index < -0.39 is 12.0 Å². The second-order valence-electron chi connectivity index (χ2n) is 5.59. The van der Waals surface area contributed by atoms with Crippen LogP contribution in [0.3, 0.4) is 0 Å². The van der Waals surface area contributed by atoms with Gasteiger partial charge in [0.1, 0.15) is 0 Å². The molecule has 2 aliphatic carbocycles. The maximum absolute atomic E-state index is 12.2. The number of carboxylic acid groups (broad SMARTS) is 1. The van der Waals surface area contributed by atoms with Gasteiger partial charge in [-0.3, -0.25) is 0 Å². The van der Waals surface area contributed by atoms with Crippen LogP contribution in [0.2, 0.25) is 0 Å². The molecule has 108 valence electrons. The molecule has 0 saturated heterocycles. The van der Waals surface area contributed by atoms with E-state index in [-0.39, 0.29) is 12.6 Å². The number of nitrogens with zero attached hydrogens (tertiary/aromatic N) is 1. The summed E-state index contributed by atoms with van der Waals surface area (Å²) in [6.45, 7) is 1.49. The number of ether oxygens (including phenoxy) is 1. The van der Waals surface area contributed by atoms with Crippen LogP contribution in [0, 0.1) is 11.8 Å². The van der Waals surface area contributed by atoms with Gasteiger partial charge in [0.15, 0.2) is 6.04 Å². The largest absolute Gasteiger partial charge is 0.480 e. The monoisotopic (exact) mass is 270 g/mol. The van der Waals surface area contributed by atoms with Crippen molar-refractivity contribution in [1.29, 1.82) is 0 Å². The summed E-state index contributed by atoms with van der Waals surface area (Å²) in [6, 6.07) is -1.25. The zero-order valence-corrected chi connectivity index (χ0v) is 11.3. The summed E-state index contributed by atoms with van der Waals surface area (Å²) in [5.74, 6) is 0.151. The van der Waals surface area contributed by atoms with Gasteiger partial charge in [-0.2, -0.15) is 0 Å². The fourth-order valence-corrected chi connectivity index (χ4v) is 2.05. The first-order valence-corrected chi connectivity index (χ1v) is 6.87. The topological polar surface area (TPSA) is 78.9 Å². The predicted molar refractivity (Wildman–Crippen MR) is 68.9 cm³/mol. The SMILES string of the molecule is COCC(NC(=O)N(CC1CC1)CC1CC1)C(=O)O. The Kier molecular flexibility index (Phi) is 4.63. The van der Waals surface area contributed by atoms with Crippen molar-refractivity contribution >= 4 is 12.0 Å². The van der Waals surface area contributed by atoms with Crippen LogP contribution >= 0.6 is 0 Å². The first-order valence-electron chi connectivity index (χ1n) is 6.87. The van der Waals surface area contributed by atoms with E-state index in [4.69, 9.17) is 9.84 Å². The summed E-state index contributed by atoms with van der Waals surface area (Å²) in [6.07, 6.45) is 4.70. The van der Waals surface area contributed by atoms with Crippen LogP contribution in [-0.2, 0) is 9.53 Å². The lowest BCUT2D eigenvalue weighted by atomic mass is 10.3. The number of hydrogen-bond donors (Lipinski definition) is 2. The Morgan fingerprint density at radius 2 is 1.79 bits per heavy atom.